The van der Waals surface area contributed by atoms with Gasteiger partial charge in [0.15, 0.2) is 6.10 Å². The van der Waals surface area contributed by atoms with Gasteiger partial charge in [0.2, 0.25) is 0 Å². The molecule has 1 aromatic rings. The molecule has 1 aromatic carbocycles. The van der Waals surface area contributed by atoms with Crippen LogP contribution < -0.4 is 0 Å². The molecule has 0 spiro atoms. The maximum Gasteiger partial charge on any atom is 0.335 e. The number of carboxylic acids is 1. The van der Waals surface area contributed by atoms with Gasteiger partial charge in [-0.1, -0.05) is 36.2 Å². The summed E-state index contributed by atoms with van der Waals surface area (Å²) in [4.78, 5) is 10.8. The molecular formula is C11H12Cl2O4. The zero-order valence-electron chi connectivity index (χ0n) is 9.02. The van der Waals surface area contributed by atoms with Crippen LogP contribution in [-0.2, 0) is 10.4 Å². The summed E-state index contributed by atoms with van der Waals surface area (Å²) >= 11 is 11.8. The minimum Gasteiger partial charge on any atom is -0.479 e. The Kier molecular flexibility index (Phi) is 4.38. The Morgan fingerprint density at radius 2 is 1.88 bits per heavy atom. The number of aliphatic hydroxyl groups is 2. The van der Waals surface area contributed by atoms with Crippen LogP contribution >= 0.6 is 23.2 Å². The van der Waals surface area contributed by atoms with E-state index in [0.717, 1.165) is 0 Å². The van der Waals surface area contributed by atoms with Crippen molar-refractivity contribution in [2.45, 2.75) is 25.0 Å². The van der Waals surface area contributed by atoms with Crippen molar-refractivity contribution in [1.29, 1.82) is 0 Å². The first-order chi connectivity index (χ1) is 7.84. The molecule has 0 aliphatic carbocycles. The molecule has 0 unspecified atom stereocenters. The van der Waals surface area contributed by atoms with Crippen LogP contribution in [0.5, 0.6) is 0 Å². The molecule has 3 N–H and O–H groups in total. The molecule has 0 aliphatic heterocycles. The van der Waals surface area contributed by atoms with Gasteiger partial charge in [-0.2, -0.15) is 0 Å². The van der Waals surface area contributed by atoms with E-state index in [2.05, 4.69) is 0 Å². The highest BCUT2D eigenvalue weighted by Gasteiger charge is 2.43. The fraction of sp³-hybridized carbons (Fsp3) is 0.364. The SMILES string of the molecule is CC[C@@](O)(c1c(Cl)cccc1Cl)[C@H](O)C(=O)O. The fourth-order valence-electron chi connectivity index (χ4n) is 1.62. The summed E-state index contributed by atoms with van der Waals surface area (Å²) in [5.74, 6) is -1.54. The van der Waals surface area contributed by atoms with Crippen molar-refractivity contribution in [2.24, 2.45) is 0 Å². The minimum atomic E-state index is -2.01. The van der Waals surface area contributed by atoms with E-state index in [1.807, 2.05) is 0 Å². The number of halogens is 2. The molecule has 0 saturated carbocycles. The van der Waals surface area contributed by atoms with E-state index in [9.17, 15) is 15.0 Å². The second-order valence-corrected chi connectivity index (χ2v) is 4.43. The number of benzene rings is 1. The quantitative estimate of drug-likeness (QED) is 0.788. The van der Waals surface area contributed by atoms with Gasteiger partial charge in [0.05, 0.1) is 0 Å². The van der Waals surface area contributed by atoms with Crippen molar-refractivity contribution >= 4 is 29.2 Å². The highest BCUT2D eigenvalue weighted by molar-refractivity contribution is 6.36. The van der Waals surface area contributed by atoms with Crippen LogP contribution in [0.1, 0.15) is 18.9 Å². The predicted octanol–water partition coefficient (Wildman–Crippen LogP) is 2.04. The first kappa shape index (κ1) is 14.3. The number of carboxylic acid groups (broad SMARTS) is 1. The van der Waals surface area contributed by atoms with Gasteiger partial charge in [-0.3, -0.25) is 0 Å². The zero-order chi connectivity index (χ0) is 13.2. The van der Waals surface area contributed by atoms with Gasteiger partial charge in [-0.25, -0.2) is 4.79 Å². The van der Waals surface area contributed by atoms with Gasteiger partial charge in [0, 0.05) is 15.6 Å². The van der Waals surface area contributed by atoms with E-state index in [1.54, 1.807) is 6.07 Å². The summed E-state index contributed by atoms with van der Waals surface area (Å²) in [6, 6.07) is 4.51. The van der Waals surface area contributed by atoms with E-state index < -0.39 is 17.7 Å². The van der Waals surface area contributed by atoms with Crippen molar-refractivity contribution in [3.05, 3.63) is 33.8 Å². The van der Waals surface area contributed by atoms with Crippen LogP contribution in [0.3, 0.4) is 0 Å². The van der Waals surface area contributed by atoms with E-state index in [4.69, 9.17) is 28.3 Å². The van der Waals surface area contributed by atoms with Crippen molar-refractivity contribution in [2.75, 3.05) is 0 Å². The van der Waals surface area contributed by atoms with Gasteiger partial charge in [0.25, 0.3) is 0 Å². The van der Waals surface area contributed by atoms with Gasteiger partial charge in [0.1, 0.15) is 5.60 Å². The Bertz CT molecular complexity index is 415. The maximum absolute atomic E-state index is 10.8. The van der Waals surface area contributed by atoms with Crippen molar-refractivity contribution in [3.63, 3.8) is 0 Å². The molecule has 0 saturated heterocycles. The van der Waals surface area contributed by atoms with Crippen molar-refractivity contribution < 1.29 is 20.1 Å². The summed E-state index contributed by atoms with van der Waals surface area (Å²) in [6.07, 6.45) is -2.03. The smallest absolute Gasteiger partial charge is 0.335 e. The largest absolute Gasteiger partial charge is 0.479 e. The van der Waals surface area contributed by atoms with Gasteiger partial charge in [-0.05, 0) is 18.6 Å². The Hall–Kier alpha value is -0.810. The first-order valence-corrected chi connectivity index (χ1v) is 5.68. The lowest BCUT2D eigenvalue weighted by atomic mass is 9.85. The van der Waals surface area contributed by atoms with Crippen LogP contribution in [0, 0.1) is 0 Å². The van der Waals surface area contributed by atoms with Crippen LogP contribution in [0.2, 0.25) is 10.0 Å². The zero-order valence-corrected chi connectivity index (χ0v) is 10.5. The van der Waals surface area contributed by atoms with Crippen LogP contribution in [0.4, 0.5) is 0 Å². The monoisotopic (exact) mass is 278 g/mol. The lowest BCUT2D eigenvalue weighted by Gasteiger charge is -2.31. The molecule has 0 heterocycles. The molecule has 0 bridgehead atoms. The number of hydrogen-bond donors (Lipinski definition) is 3. The number of aliphatic hydroxyl groups excluding tert-OH is 1. The Balaban J connectivity index is 3.40. The second-order valence-electron chi connectivity index (χ2n) is 3.62. The van der Waals surface area contributed by atoms with E-state index in [0.29, 0.717) is 0 Å². The number of carbonyl (C=O) groups is 1. The normalized spacial score (nSPS) is 16.3. The minimum absolute atomic E-state index is 0.0285. The molecule has 17 heavy (non-hydrogen) atoms. The second kappa shape index (κ2) is 5.23. The maximum atomic E-state index is 10.8. The molecule has 0 aromatic heterocycles. The summed E-state index contributed by atoms with van der Waals surface area (Å²) in [5.41, 5.74) is -1.98. The summed E-state index contributed by atoms with van der Waals surface area (Å²) in [7, 11) is 0. The molecule has 94 valence electrons. The summed E-state index contributed by atoms with van der Waals surface area (Å²) in [5, 5.41) is 28.9. The highest BCUT2D eigenvalue weighted by atomic mass is 35.5. The molecule has 0 fully saturated rings. The van der Waals surface area contributed by atoms with Crippen LogP contribution in [-0.4, -0.2) is 27.4 Å². The molecule has 4 nitrogen and oxygen atoms in total. The van der Waals surface area contributed by atoms with Crippen LogP contribution in [0.15, 0.2) is 18.2 Å². The molecule has 0 amide bonds. The number of aliphatic carboxylic acids is 1. The molecule has 2 atom stereocenters. The summed E-state index contributed by atoms with van der Waals surface area (Å²) in [6.45, 7) is 1.53. The topological polar surface area (TPSA) is 77.8 Å². The lowest BCUT2D eigenvalue weighted by molar-refractivity contribution is -0.165. The Labute approximate surface area is 108 Å². The molecule has 1 rings (SSSR count). The van der Waals surface area contributed by atoms with Crippen molar-refractivity contribution in [3.8, 4) is 0 Å². The fourth-order valence-corrected chi connectivity index (χ4v) is 2.35. The predicted molar refractivity (Wildman–Crippen MR) is 64.3 cm³/mol. The average Bonchev–Trinajstić information content (AvgIpc) is 2.27. The van der Waals surface area contributed by atoms with Crippen molar-refractivity contribution in [1.82, 2.24) is 0 Å². The Morgan fingerprint density at radius 3 is 2.24 bits per heavy atom. The van der Waals surface area contributed by atoms with Gasteiger partial charge >= 0.3 is 5.97 Å². The third-order valence-electron chi connectivity index (χ3n) is 2.62. The van der Waals surface area contributed by atoms with Gasteiger partial charge in [-0.15, -0.1) is 0 Å². The molecular weight excluding hydrogens is 267 g/mol. The van der Waals surface area contributed by atoms with E-state index in [1.165, 1.54) is 19.1 Å². The molecule has 6 heteroatoms. The number of rotatable bonds is 4. The summed E-state index contributed by atoms with van der Waals surface area (Å²) < 4.78 is 0. The standard InChI is InChI=1S/C11H12Cl2O4/c1-2-11(17,9(14)10(15)16)8-6(12)4-3-5-7(8)13/h3-5,9,14,17H,2H2,1H3,(H,15,16)/t9-,11-/m1/s1. The molecule has 0 radical (unpaired) electrons. The van der Waals surface area contributed by atoms with Gasteiger partial charge < -0.3 is 15.3 Å². The number of hydrogen-bond acceptors (Lipinski definition) is 3. The third kappa shape index (κ3) is 2.55. The third-order valence-corrected chi connectivity index (χ3v) is 3.25. The van der Waals surface area contributed by atoms with Crippen LogP contribution in [0.25, 0.3) is 0 Å². The highest BCUT2D eigenvalue weighted by Crippen LogP contribution is 2.38. The lowest BCUT2D eigenvalue weighted by Crippen LogP contribution is -2.44. The Morgan fingerprint density at radius 1 is 1.41 bits per heavy atom. The average molecular weight is 279 g/mol. The van der Waals surface area contributed by atoms with E-state index in [-0.39, 0.29) is 22.0 Å². The molecule has 0 aliphatic rings. The first-order valence-electron chi connectivity index (χ1n) is 4.92. The van der Waals surface area contributed by atoms with E-state index >= 15 is 0 Å².